The molecule has 2 aromatic rings. The molecule has 3 rings (SSSR count). The van der Waals surface area contributed by atoms with Crippen molar-refractivity contribution in [1.29, 1.82) is 0 Å². The number of phenols is 1. The highest BCUT2D eigenvalue weighted by atomic mass is 32.2. The fourth-order valence-corrected chi connectivity index (χ4v) is 4.30. The Labute approximate surface area is 130 Å². The van der Waals surface area contributed by atoms with E-state index in [0.29, 0.717) is 10.8 Å². The van der Waals surface area contributed by atoms with E-state index in [2.05, 4.69) is 5.32 Å². The first kappa shape index (κ1) is 15.1. The van der Waals surface area contributed by atoms with E-state index in [1.54, 1.807) is 12.1 Å². The van der Waals surface area contributed by atoms with Gasteiger partial charge in [0.15, 0.2) is 0 Å². The molecular weight excluding hydrogens is 298 g/mol. The van der Waals surface area contributed by atoms with Crippen LogP contribution in [0.1, 0.15) is 23.5 Å². The molecular formula is C17H19NO3S. The average molecular weight is 317 g/mol. The summed E-state index contributed by atoms with van der Waals surface area (Å²) in [7, 11) is -3.55. The molecule has 1 fully saturated rings. The van der Waals surface area contributed by atoms with Crippen LogP contribution >= 0.6 is 0 Å². The van der Waals surface area contributed by atoms with Crippen molar-refractivity contribution in [2.24, 2.45) is 0 Å². The molecule has 1 aliphatic rings. The molecule has 0 aliphatic carbocycles. The normalized spacial score (nSPS) is 18.5. The first-order chi connectivity index (χ1) is 10.5. The molecule has 1 heterocycles. The summed E-state index contributed by atoms with van der Waals surface area (Å²) in [5, 5.41) is 12.6. The molecule has 4 nitrogen and oxygen atoms in total. The second-order valence-electron chi connectivity index (χ2n) is 5.71. The summed E-state index contributed by atoms with van der Waals surface area (Å²) in [6, 6.07) is 11.0. The Morgan fingerprint density at radius 3 is 2.36 bits per heavy atom. The molecule has 5 heteroatoms. The van der Waals surface area contributed by atoms with E-state index in [-0.39, 0.29) is 10.6 Å². The summed E-state index contributed by atoms with van der Waals surface area (Å²) < 4.78 is 25.3. The van der Waals surface area contributed by atoms with Crippen LogP contribution in [-0.2, 0) is 9.84 Å². The number of hydrogen-bond acceptors (Lipinski definition) is 4. The predicted molar refractivity (Wildman–Crippen MR) is 85.0 cm³/mol. The number of benzene rings is 2. The molecule has 2 N–H and O–H groups in total. The molecule has 0 spiro atoms. The van der Waals surface area contributed by atoms with Gasteiger partial charge in [-0.1, -0.05) is 6.07 Å². The lowest BCUT2D eigenvalue weighted by Gasteiger charge is -2.14. The topological polar surface area (TPSA) is 66.4 Å². The van der Waals surface area contributed by atoms with E-state index in [1.165, 1.54) is 29.8 Å². The van der Waals surface area contributed by atoms with Crippen LogP contribution in [0.25, 0.3) is 0 Å². The summed E-state index contributed by atoms with van der Waals surface area (Å²) in [5.74, 6) is 0.518. The Hall–Kier alpha value is -1.85. The van der Waals surface area contributed by atoms with E-state index in [1.807, 2.05) is 13.0 Å². The molecule has 1 saturated heterocycles. The molecule has 0 unspecified atom stereocenters. The molecule has 0 amide bonds. The first-order valence-corrected chi connectivity index (χ1v) is 8.82. The lowest BCUT2D eigenvalue weighted by molar-refractivity contribution is 0.475. The molecule has 1 aliphatic heterocycles. The lowest BCUT2D eigenvalue weighted by Crippen LogP contribution is -2.09. The SMILES string of the molecule is Cc1cc(S(=O)(=O)c2ccc(O)cc2)ccc1[C@H]1CCNC1. The van der Waals surface area contributed by atoms with Gasteiger partial charge in [-0.15, -0.1) is 0 Å². The van der Waals surface area contributed by atoms with Crippen LogP contribution in [-0.4, -0.2) is 26.6 Å². The van der Waals surface area contributed by atoms with Gasteiger partial charge < -0.3 is 10.4 Å². The zero-order chi connectivity index (χ0) is 15.7. The smallest absolute Gasteiger partial charge is 0.206 e. The van der Waals surface area contributed by atoms with Crippen molar-refractivity contribution in [3.63, 3.8) is 0 Å². The van der Waals surface area contributed by atoms with Crippen LogP contribution < -0.4 is 5.32 Å². The second kappa shape index (κ2) is 5.74. The fourth-order valence-electron chi connectivity index (χ4n) is 2.95. The van der Waals surface area contributed by atoms with Crippen LogP contribution in [0, 0.1) is 6.92 Å². The number of hydrogen-bond donors (Lipinski definition) is 2. The monoisotopic (exact) mass is 317 g/mol. The first-order valence-electron chi connectivity index (χ1n) is 7.34. The Morgan fingerprint density at radius 1 is 1.09 bits per heavy atom. The highest BCUT2D eigenvalue weighted by molar-refractivity contribution is 7.91. The molecule has 0 bridgehead atoms. The van der Waals surface area contributed by atoms with E-state index < -0.39 is 9.84 Å². The summed E-state index contributed by atoms with van der Waals surface area (Å²) in [4.78, 5) is 0.491. The fraction of sp³-hybridized carbons (Fsp3) is 0.294. The summed E-state index contributed by atoms with van der Waals surface area (Å²) in [6.45, 7) is 3.92. The highest BCUT2D eigenvalue weighted by Crippen LogP contribution is 2.29. The minimum Gasteiger partial charge on any atom is -0.508 e. The highest BCUT2D eigenvalue weighted by Gasteiger charge is 2.22. The van der Waals surface area contributed by atoms with Crippen molar-refractivity contribution in [2.45, 2.75) is 29.1 Å². The van der Waals surface area contributed by atoms with Gasteiger partial charge in [-0.2, -0.15) is 0 Å². The molecule has 0 aromatic heterocycles. The van der Waals surface area contributed by atoms with Gasteiger partial charge in [0.25, 0.3) is 0 Å². The summed E-state index contributed by atoms with van der Waals surface area (Å²) in [5.41, 5.74) is 2.23. The maximum absolute atomic E-state index is 12.6. The molecule has 0 radical (unpaired) electrons. The van der Waals surface area contributed by atoms with Crippen LogP contribution in [0.15, 0.2) is 52.3 Å². The molecule has 22 heavy (non-hydrogen) atoms. The summed E-state index contributed by atoms with van der Waals surface area (Å²) in [6.07, 6.45) is 1.09. The molecule has 0 saturated carbocycles. The number of rotatable bonds is 3. The van der Waals surface area contributed by atoms with Gasteiger partial charge in [0.1, 0.15) is 5.75 Å². The number of nitrogens with one attached hydrogen (secondary N) is 1. The van der Waals surface area contributed by atoms with Gasteiger partial charge in [0.2, 0.25) is 9.84 Å². The number of aromatic hydroxyl groups is 1. The van der Waals surface area contributed by atoms with E-state index in [0.717, 1.165) is 25.1 Å². The van der Waals surface area contributed by atoms with Crippen molar-refractivity contribution in [1.82, 2.24) is 5.32 Å². The Morgan fingerprint density at radius 2 is 1.77 bits per heavy atom. The quantitative estimate of drug-likeness (QED) is 0.913. The molecule has 1 atom stereocenters. The second-order valence-corrected chi connectivity index (χ2v) is 7.66. The number of phenolic OH excluding ortho intramolecular Hbond substituents is 1. The van der Waals surface area contributed by atoms with Crippen LogP contribution in [0.4, 0.5) is 0 Å². The Balaban J connectivity index is 1.97. The standard InChI is InChI=1S/C17H19NO3S/c1-12-10-16(6-7-17(12)13-8-9-18-11-13)22(20,21)15-4-2-14(19)3-5-15/h2-7,10,13,18-19H,8-9,11H2,1H3/t13-/m0/s1. The van der Waals surface area contributed by atoms with E-state index in [9.17, 15) is 13.5 Å². The predicted octanol–water partition coefficient (Wildman–Crippen LogP) is 2.61. The van der Waals surface area contributed by atoms with Gasteiger partial charge >= 0.3 is 0 Å². The van der Waals surface area contributed by atoms with Gasteiger partial charge in [0.05, 0.1) is 9.79 Å². The minimum absolute atomic E-state index is 0.0548. The number of sulfone groups is 1. The van der Waals surface area contributed by atoms with E-state index in [4.69, 9.17) is 0 Å². The van der Waals surface area contributed by atoms with Crippen molar-refractivity contribution in [2.75, 3.05) is 13.1 Å². The maximum Gasteiger partial charge on any atom is 0.206 e. The van der Waals surface area contributed by atoms with Crippen molar-refractivity contribution in [3.05, 3.63) is 53.6 Å². The third-order valence-corrected chi connectivity index (χ3v) is 5.97. The van der Waals surface area contributed by atoms with Gasteiger partial charge in [-0.25, -0.2) is 8.42 Å². The maximum atomic E-state index is 12.6. The van der Waals surface area contributed by atoms with Crippen molar-refractivity contribution < 1.29 is 13.5 Å². The van der Waals surface area contributed by atoms with Gasteiger partial charge in [0, 0.05) is 6.54 Å². The molecule has 116 valence electrons. The average Bonchev–Trinajstić information content (AvgIpc) is 3.01. The van der Waals surface area contributed by atoms with Gasteiger partial charge in [-0.05, 0) is 73.3 Å². The lowest BCUT2D eigenvalue weighted by atomic mass is 9.94. The minimum atomic E-state index is -3.55. The van der Waals surface area contributed by atoms with Crippen molar-refractivity contribution >= 4 is 9.84 Å². The largest absolute Gasteiger partial charge is 0.508 e. The molecule has 2 aromatic carbocycles. The van der Waals surface area contributed by atoms with Gasteiger partial charge in [-0.3, -0.25) is 0 Å². The zero-order valence-electron chi connectivity index (χ0n) is 12.4. The number of aryl methyl sites for hydroxylation is 1. The third kappa shape index (κ3) is 2.74. The summed E-state index contributed by atoms with van der Waals surface area (Å²) >= 11 is 0. The van der Waals surface area contributed by atoms with E-state index >= 15 is 0 Å². The Kier molecular flexibility index (Phi) is 3.93. The third-order valence-electron chi connectivity index (χ3n) is 4.20. The van der Waals surface area contributed by atoms with Crippen molar-refractivity contribution in [3.8, 4) is 5.75 Å². The zero-order valence-corrected chi connectivity index (χ0v) is 13.2. The van der Waals surface area contributed by atoms with Crippen LogP contribution in [0.2, 0.25) is 0 Å². The Bertz CT molecular complexity index is 776. The van der Waals surface area contributed by atoms with Crippen LogP contribution in [0.5, 0.6) is 5.75 Å². The van der Waals surface area contributed by atoms with Crippen LogP contribution in [0.3, 0.4) is 0 Å².